The number of aryl methyl sites for hydroxylation is 1. The van der Waals surface area contributed by atoms with Crippen LogP contribution >= 0.6 is 0 Å². The summed E-state index contributed by atoms with van der Waals surface area (Å²) in [6.07, 6.45) is 12.3. The lowest BCUT2D eigenvalue weighted by Crippen LogP contribution is -2.05. The van der Waals surface area contributed by atoms with Crippen LogP contribution < -0.4 is 5.32 Å². The van der Waals surface area contributed by atoms with E-state index in [2.05, 4.69) is 23.3 Å². The summed E-state index contributed by atoms with van der Waals surface area (Å²) in [4.78, 5) is 4.10. The largest absolute Gasteiger partial charge is 0.385 e. The first-order valence-corrected chi connectivity index (χ1v) is 6.51. The third-order valence-corrected chi connectivity index (χ3v) is 3.60. The number of anilines is 1. The predicted molar refractivity (Wildman–Crippen MR) is 68.7 cm³/mol. The number of hydrogen-bond acceptors (Lipinski definition) is 2. The van der Waals surface area contributed by atoms with Crippen molar-refractivity contribution in [3.63, 3.8) is 0 Å². The van der Waals surface area contributed by atoms with Crippen molar-refractivity contribution in [1.82, 2.24) is 4.98 Å². The Morgan fingerprint density at radius 1 is 1.38 bits per heavy atom. The smallest absolute Gasteiger partial charge is 0.0400 e. The van der Waals surface area contributed by atoms with Crippen molar-refractivity contribution in [3.05, 3.63) is 24.0 Å². The monoisotopic (exact) mass is 218 g/mol. The fourth-order valence-electron chi connectivity index (χ4n) is 2.58. The number of nitrogens with zero attached hydrogens (tertiary/aromatic N) is 1. The van der Waals surface area contributed by atoms with Crippen molar-refractivity contribution >= 4 is 5.69 Å². The van der Waals surface area contributed by atoms with Crippen LogP contribution in [0, 0.1) is 12.8 Å². The normalized spacial score (nSPS) is 16.6. The Labute approximate surface area is 98.5 Å². The Morgan fingerprint density at radius 2 is 2.19 bits per heavy atom. The molecule has 1 aromatic heterocycles. The van der Waals surface area contributed by atoms with Crippen molar-refractivity contribution in [2.24, 2.45) is 5.92 Å². The van der Waals surface area contributed by atoms with Crippen LogP contribution in [0.2, 0.25) is 0 Å². The first-order valence-electron chi connectivity index (χ1n) is 6.51. The van der Waals surface area contributed by atoms with Gasteiger partial charge in [-0.1, -0.05) is 25.7 Å². The molecule has 0 unspecified atom stereocenters. The molecule has 1 N–H and O–H groups in total. The average molecular weight is 218 g/mol. The van der Waals surface area contributed by atoms with Gasteiger partial charge >= 0.3 is 0 Å². The minimum Gasteiger partial charge on any atom is -0.385 e. The van der Waals surface area contributed by atoms with Gasteiger partial charge in [-0.3, -0.25) is 4.98 Å². The number of hydrogen-bond donors (Lipinski definition) is 1. The summed E-state index contributed by atoms with van der Waals surface area (Å²) in [6, 6.07) is 2.06. The first kappa shape index (κ1) is 11.4. The highest BCUT2D eigenvalue weighted by Crippen LogP contribution is 2.28. The van der Waals surface area contributed by atoms with Crippen LogP contribution in [0.5, 0.6) is 0 Å². The fraction of sp³-hybridized carbons (Fsp3) is 0.643. The van der Waals surface area contributed by atoms with Gasteiger partial charge < -0.3 is 5.32 Å². The van der Waals surface area contributed by atoms with Gasteiger partial charge in [-0.15, -0.1) is 0 Å². The Bertz CT molecular complexity index is 316. The van der Waals surface area contributed by atoms with E-state index in [9.17, 15) is 0 Å². The highest BCUT2D eigenvalue weighted by molar-refractivity contribution is 5.48. The second-order valence-corrected chi connectivity index (χ2v) is 4.91. The Hall–Kier alpha value is -1.05. The van der Waals surface area contributed by atoms with E-state index in [0.29, 0.717) is 0 Å². The van der Waals surface area contributed by atoms with E-state index < -0.39 is 0 Å². The minimum absolute atomic E-state index is 1.01. The topological polar surface area (TPSA) is 24.9 Å². The van der Waals surface area contributed by atoms with E-state index in [1.54, 1.807) is 0 Å². The van der Waals surface area contributed by atoms with Gasteiger partial charge in [-0.05, 0) is 37.3 Å². The van der Waals surface area contributed by atoms with Crippen LogP contribution in [-0.2, 0) is 0 Å². The van der Waals surface area contributed by atoms with Gasteiger partial charge in [0, 0.05) is 24.6 Å². The first-order chi connectivity index (χ1) is 7.86. The molecule has 1 aliphatic carbocycles. The molecule has 1 saturated carbocycles. The Morgan fingerprint density at radius 3 is 2.94 bits per heavy atom. The Balaban J connectivity index is 1.66. The Kier molecular flexibility index (Phi) is 4.20. The molecule has 0 radical (unpaired) electrons. The minimum atomic E-state index is 1.01. The molecule has 0 atom stereocenters. The highest BCUT2D eigenvalue weighted by atomic mass is 14.9. The van der Waals surface area contributed by atoms with Gasteiger partial charge in [0.25, 0.3) is 0 Å². The van der Waals surface area contributed by atoms with Crippen molar-refractivity contribution in [2.45, 2.75) is 45.4 Å². The maximum Gasteiger partial charge on any atom is 0.0400 e. The van der Waals surface area contributed by atoms with Crippen molar-refractivity contribution in [1.29, 1.82) is 0 Å². The number of pyridine rings is 1. The van der Waals surface area contributed by atoms with E-state index in [1.807, 2.05) is 12.4 Å². The standard InChI is InChI=1S/C14H22N2/c1-12-11-15-10-8-14(12)16-9-4-7-13-5-2-3-6-13/h8,10-11,13H,2-7,9H2,1H3,(H,15,16). The van der Waals surface area contributed by atoms with E-state index in [4.69, 9.17) is 0 Å². The maximum absolute atomic E-state index is 4.10. The van der Waals surface area contributed by atoms with Crippen LogP contribution in [-0.4, -0.2) is 11.5 Å². The summed E-state index contributed by atoms with van der Waals surface area (Å²) < 4.78 is 0. The van der Waals surface area contributed by atoms with E-state index in [1.165, 1.54) is 49.8 Å². The summed E-state index contributed by atoms with van der Waals surface area (Å²) in [7, 11) is 0. The summed E-state index contributed by atoms with van der Waals surface area (Å²) >= 11 is 0. The molecule has 0 saturated heterocycles. The zero-order valence-corrected chi connectivity index (χ0v) is 10.2. The van der Waals surface area contributed by atoms with Gasteiger partial charge in [0.2, 0.25) is 0 Å². The number of rotatable bonds is 5. The molecule has 1 aliphatic rings. The molecular weight excluding hydrogens is 196 g/mol. The number of nitrogens with one attached hydrogen (secondary N) is 1. The van der Waals surface area contributed by atoms with E-state index >= 15 is 0 Å². The maximum atomic E-state index is 4.10. The molecule has 16 heavy (non-hydrogen) atoms. The highest BCUT2D eigenvalue weighted by Gasteiger charge is 2.13. The van der Waals surface area contributed by atoms with Crippen molar-refractivity contribution in [3.8, 4) is 0 Å². The van der Waals surface area contributed by atoms with Gasteiger partial charge in [-0.2, -0.15) is 0 Å². The van der Waals surface area contributed by atoms with E-state index in [0.717, 1.165) is 12.5 Å². The molecule has 0 spiro atoms. The molecule has 0 aliphatic heterocycles. The summed E-state index contributed by atoms with van der Waals surface area (Å²) in [6.45, 7) is 3.20. The van der Waals surface area contributed by atoms with Crippen LogP contribution in [0.1, 0.15) is 44.1 Å². The molecule has 1 fully saturated rings. The van der Waals surface area contributed by atoms with Gasteiger partial charge in [-0.25, -0.2) is 0 Å². The lowest BCUT2D eigenvalue weighted by atomic mass is 10.0. The van der Waals surface area contributed by atoms with Crippen molar-refractivity contribution < 1.29 is 0 Å². The molecule has 0 amide bonds. The lowest BCUT2D eigenvalue weighted by Gasteiger charge is -2.11. The molecule has 1 aromatic rings. The van der Waals surface area contributed by atoms with Gasteiger partial charge in [0.05, 0.1) is 0 Å². The second-order valence-electron chi connectivity index (χ2n) is 4.91. The molecule has 2 nitrogen and oxygen atoms in total. The number of aromatic nitrogens is 1. The molecule has 1 heterocycles. The average Bonchev–Trinajstić information content (AvgIpc) is 2.79. The van der Waals surface area contributed by atoms with Gasteiger partial charge in [0.1, 0.15) is 0 Å². The van der Waals surface area contributed by atoms with Crippen LogP contribution in [0.15, 0.2) is 18.5 Å². The molecule has 2 heteroatoms. The zero-order valence-electron chi connectivity index (χ0n) is 10.2. The lowest BCUT2D eigenvalue weighted by molar-refractivity contribution is 0.491. The fourth-order valence-corrected chi connectivity index (χ4v) is 2.58. The van der Waals surface area contributed by atoms with E-state index in [-0.39, 0.29) is 0 Å². The van der Waals surface area contributed by atoms with Gasteiger partial charge in [0.15, 0.2) is 0 Å². The van der Waals surface area contributed by atoms with Crippen molar-refractivity contribution in [2.75, 3.05) is 11.9 Å². The quantitative estimate of drug-likeness (QED) is 0.761. The molecule has 0 aromatic carbocycles. The van der Waals surface area contributed by atoms with Crippen LogP contribution in [0.3, 0.4) is 0 Å². The zero-order chi connectivity index (χ0) is 11.2. The predicted octanol–water partition coefficient (Wildman–Crippen LogP) is 3.77. The summed E-state index contributed by atoms with van der Waals surface area (Å²) in [5.41, 5.74) is 2.48. The molecular formula is C14H22N2. The second kappa shape index (κ2) is 5.88. The molecule has 2 rings (SSSR count). The van der Waals surface area contributed by atoms with Crippen LogP contribution in [0.4, 0.5) is 5.69 Å². The molecule has 88 valence electrons. The molecule has 0 bridgehead atoms. The third-order valence-electron chi connectivity index (χ3n) is 3.60. The summed E-state index contributed by atoms with van der Waals surface area (Å²) in [5.74, 6) is 1.01. The van der Waals surface area contributed by atoms with Crippen LogP contribution in [0.25, 0.3) is 0 Å². The SMILES string of the molecule is Cc1cnccc1NCCCC1CCCC1. The third kappa shape index (κ3) is 3.22. The summed E-state index contributed by atoms with van der Waals surface area (Å²) in [5, 5.41) is 3.50.